The monoisotopic (exact) mass is 308 g/mol. The highest BCUT2D eigenvalue weighted by atomic mass is 32.2. The lowest BCUT2D eigenvalue weighted by atomic mass is 10.1. The van der Waals surface area contributed by atoms with Gasteiger partial charge in [-0.05, 0) is 23.3 Å². The Morgan fingerprint density at radius 1 is 0.950 bits per heavy atom. The SMILES string of the molecule is O=S(=O)(CC(O)CS)c1ccc(-c2ccccc2)cc1. The van der Waals surface area contributed by atoms with Crippen LogP contribution in [-0.2, 0) is 9.84 Å². The Kier molecular flexibility index (Phi) is 4.86. The number of benzene rings is 2. The van der Waals surface area contributed by atoms with Gasteiger partial charge in [-0.15, -0.1) is 0 Å². The van der Waals surface area contributed by atoms with Crippen LogP contribution >= 0.6 is 12.6 Å². The van der Waals surface area contributed by atoms with E-state index < -0.39 is 15.9 Å². The summed E-state index contributed by atoms with van der Waals surface area (Å²) >= 11 is 3.89. The highest BCUT2D eigenvalue weighted by Crippen LogP contribution is 2.21. The number of hydrogen-bond donors (Lipinski definition) is 2. The predicted octanol–water partition coefficient (Wildman–Crippen LogP) is 2.42. The Labute approximate surface area is 124 Å². The van der Waals surface area contributed by atoms with Crippen molar-refractivity contribution < 1.29 is 13.5 Å². The zero-order chi connectivity index (χ0) is 14.6. The lowest BCUT2D eigenvalue weighted by Crippen LogP contribution is -2.22. The van der Waals surface area contributed by atoms with E-state index in [0.29, 0.717) is 0 Å². The van der Waals surface area contributed by atoms with Crippen molar-refractivity contribution >= 4 is 22.5 Å². The second-order valence-corrected chi connectivity index (χ2v) is 6.91. The zero-order valence-electron chi connectivity index (χ0n) is 10.8. The van der Waals surface area contributed by atoms with Gasteiger partial charge in [-0.3, -0.25) is 0 Å². The molecule has 1 N–H and O–H groups in total. The minimum absolute atomic E-state index is 0.126. The highest BCUT2D eigenvalue weighted by molar-refractivity contribution is 7.91. The Hall–Kier alpha value is -1.30. The molecule has 0 fully saturated rings. The van der Waals surface area contributed by atoms with E-state index >= 15 is 0 Å². The average Bonchev–Trinajstić information content (AvgIpc) is 2.48. The van der Waals surface area contributed by atoms with E-state index in [-0.39, 0.29) is 16.4 Å². The summed E-state index contributed by atoms with van der Waals surface area (Å²) in [6.45, 7) is 0. The van der Waals surface area contributed by atoms with E-state index in [1.807, 2.05) is 30.3 Å². The van der Waals surface area contributed by atoms with Crippen molar-refractivity contribution in [2.45, 2.75) is 11.0 Å². The second-order valence-electron chi connectivity index (χ2n) is 4.51. The maximum absolute atomic E-state index is 12.1. The maximum Gasteiger partial charge on any atom is 0.180 e. The molecule has 5 heteroatoms. The van der Waals surface area contributed by atoms with Crippen LogP contribution in [0.4, 0.5) is 0 Å². The zero-order valence-corrected chi connectivity index (χ0v) is 12.5. The molecule has 3 nitrogen and oxygen atoms in total. The molecule has 0 saturated carbocycles. The van der Waals surface area contributed by atoms with Crippen LogP contribution in [0.3, 0.4) is 0 Å². The van der Waals surface area contributed by atoms with Crippen LogP contribution in [0.5, 0.6) is 0 Å². The van der Waals surface area contributed by atoms with Gasteiger partial charge >= 0.3 is 0 Å². The summed E-state index contributed by atoms with van der Waals surface area (Å²) in [5.41, 5.74) is 1.99. The Morgan fingerprint density at radius 3 is 2.05 bits per heavy atom. The van der Waals surface area contributed by atoms with Crippen LogP contribution in [0.25, 0.3) is 11.1 Å². The molecule has 0 saturated heterocycles. The third-order valence-electron chi connectivity index (χ3n) is 2.94. The molecule has 0 amide bonds. The minimum atomic E-state index is -3.47. The fourth-order valence-corrected chi connectivity index (χ4v) is 3.56. The second kappa shape index (κ2) is 6.43. The molecule has 0 bridgehead atoms. The minimum Gasteiger partial charge on any atom is -0.391 e. The van der Waals surface area contributed by atoms with Gasteiger partial charge in [0.05, 0.1) is 16.8 Å². The Morgan fingerprint density at radius 2 is 1.50 bits per heavy atom. The molecule has 0 aliphatic heterocycles. The summed E-state index contributed by atoms with van der Waals surface area (Å²) in [6.07, 6.45) is -0.947. The fraction of sp³-hybridized carbons (Fsp3) is 0.200. The molecule has 1 atom stereocenters. The number of aliphatic hydroxyl groups excluding tert-OH is 1. The molecule has 2 rings (SSSR count). The fourth-order valence-electron chi connectivity index (χ4n) is 1.89. The summed E-state index contributed by atoms with van der Waals surface area (Å²) in [4.78, 5) is 0.220. The molecule has 106 valence electrons. The van der Waals surface area contributed by atoms with Crippen LogP contribution in [-0.4, -0.2) is 31.1 Å². The van der Waals surface area contributed by atoms with E-state index in [0.717, 1.165) is 11.1 Å². The molecule has 0 heterocycles. The van der Waals surface area contributed by atoms with Gasteiger partial charge in [-0.2, -0.15) is 12.6 Å². The van der Waals surface area contributed by atoms with E-state index in [9.17, 15) is 13.5 Å². The van der Waals surface area contributed by atoms with Crippen LogP contribution in [0.1, 0.15) is 0 Å². The molecule has 20 heavy (non-hydrogen) atoms. The van der Waals surface area contributed by atoms with E-state index in [2.05, 4.69) is 12.6 Å². The lowest BCUT2D eigenvalue weighted by Gasteiger charge is -2.09. The summed E-state index contributed by atoms with van der Waals surface area (Å²) in [5.74, 6) is -0.178. The topological polar surface area (TPSA) is 54.4 Å². The Balaban J connectivity index is 2.25. The first-order valence-electron chi connectivity index (χ1n) is 6.20. The van der Waals surface area contributed by atoms with Gasteiger partial charge in [0.1, 0.15) is 0 Å². The predicted molar refractivity (Wildman–Crippen MR) is 83.8 cm³/mol. The summed E-state index contributed by atoms with van der Waals surface area (Å²) in [5, 5.41) is 9.43. The molecule has 0 radical (unpaired) electrons. The smallest absolute Gasteiger partial charge is 0.180 e. The normalized spacial score (nSPS) is 13.1. The number of thiol groups is 1. The van der Waals surface area contributed by atoms with Crippen molar-refractivity contribution in [2.75, 3.05) is 11.5 Å². The standard InChI is InChI=1S/C15H16O3S2/c16-14(10-19)11-20(17,18)15-8-6-13(7-9-15)12-4-2-1-3-5-12/h1-9,14,16,19H,10-11H2. The first-order chi connectivity index (χ1) is 9.53. The van der Waals surface area contributed by atoms with Gasteiger partial charge in [0.2, 0.25) is 0 Å². The van der Waals surface area contributed by atoms with Gasteiger partial charge in [-0.1, -0.05) is 42.5 Å². The quantitative estimate of drug-likeness (QED) is 0.834. The number of aliphatic hydroxyl groups is 1. The highest BCUT2D eigenvalue weighted by Gasteiger charge is 2.18. The summed E-state index contributed by atoms with van der Waals surface area (Å²) in [7, 11) is -3.47. The van der Waals surface area contributed by atoms with Gasteiger partial charge in [0, 0.05) is 5.75 Å². The first kappa shape index (κ1) is 15.1. The van der Waals surface area contributed by atoms with Crippen molar-refractivity contribution in [3.05, 3.63) is 54.6 Å². The molecule has 0 spiro atoms. The van der Waals surface area contributed by atoms with Crippen molar-refractivity contribution in [1.82, 2.24) is 0 Å². The largest absolute Gasteiger partial charge is 0.391 e. The van der Waals surface area contributed by atoms with Crippen LogP contribution in [0.2, 0.25) is 0 Å². The number of sulfone groups is 1. The molecule has 2 aromatic rings. The third kappa shape index (κ3) is 3.62. The van der Waals surface area contributed by atoms with Crippen LogP contribution in [0, 0.1) is 0 Å². The average molecular weight is 308 g/mol. The van der Waals surface area contributed by atoms with Crippen molar-refractivity contribution in [3.8, 4) is 11.1 Å². The van der Waals surface area contributed by atoms with E-state index in [1.165, 1.54) is 0 Å². The maximum atomic E-state index is 12.1. The molecule has 0 aliphatic carbocycles. The van der Waals surface area contributed by atoms with Gasteiger partial charge in [-0.25, -0.2) is 8.42 Å². The molecule has 1 unspecified atom stereocenters. The van der Waals surface area contributed by atoms with Gasteiger partial charge in [0.15, 0.2) is 9.84 Å². The van der Waals surface area contributed by atoms with Crippen LogP contribution < -0.4 is 0 Å². The number of hydrogen-bond acceptors (Lipinski definition) is 4. The van der Waals surface area contributed by atoms with E-state index in [4.69, 9.17) is 0 Å². The van der Waals surface area contributed by atoms with E-state index in [1.54, 1.807) is 24.3 Å². The summed E-state index contributed by atoms with van der Waals surface area (Å²) < 4.78 is 24.1. The summed E-state index contributed by atoms with van der Waals surface area (Å²) in [6, 6.07) is 16.4. The first-order valence-corrected chi connectivity index (χ1v) is 8.48. The lowest BCUT2D eigenvalue weighted by molar-refractivity contribution is 0.223. The molecule has 0 aromatic heterocycles. The van der Waals surface area contributed by atoms with Crippen molar-refractivity contribution in [1.29, 1.82) is 0 Å². The van der Waals surface area contributed by atoms with Crippen LogP contribution in [0.15, 0.2) is 59.5 Å². The molecular formula is C15H16O3S2. The number of rotatable bonds is 5. The molecule has 0 aliphatic rings. The van der Waals surface area contributed by atoms with Gasteiger partial charge in [0.25, 0.3) is 0 Å². The Bertz CT molecular complexity index is 649. The molecular weight excluding hydrogens is 292 g/mol. The van der Waals surface area contributed by atoms with Crippen molar-refractivity contribution in [2.24, 2.45) is 0 Å². The molecule has 2 aromatic carbocycles. The van der Waals surface area contributed by atoms with Crippen molar-refractivity contribution in [3.63, 3.8) is 0 Å². The third-order valence-corrected chi connectivity index (χ3v) is 5.18. The van der Waals surface area contributed by atoms with Gasteiger partial charge < -0.3 is 5.11 Å².